The van der Waals surface area contributed by atoms with Crippen LogP contribution in [0.5, 0.6) is 0 Å². The van der Waals surface area contributed by atoms with Gasteiger partial charge in [0.25, 0.3) is 11.8 Å². The first-order chi connectivity index (χ1) is 13.9. The van der Waals surface area contributed by atoms with Crippen LogP contribution in [0.4, 0.5) is 15.8 Å². The van der Waals surface area contributed by atoms with Gasteiger partial charge in [0, 0.05) is 0 Å². The fourth-order valence-electron chi connectivity index (χ4n) is 3.14. The maximum absolute atomic E-state index is 13.1. The minimum Gasteiger partial charge on any atom is -0.322 e. The molecule has 148 valence electrons. The van der Waals surface area contributed by atoms with Crippen LogP contribution < -0.4 is 10.2 Å². The lowest BCUT2D eigenvalue weighted by molar-refractivity contribution is -0.123. The monoisotopic (exact) mass is 435 g/mol. The number of halogens is 3. The van der Waals surface area contributed by atoms with Crippen LogP contribution in [0.2, 0.25) is 10.0 Å². The van der Waals surface area contributed by atoms with Crippen molar-refractivity contribution in [3.8, 4) is 0 Å². The number of hydrogen-bond donors (Lipinski definition) is 1. The summed E-state index contributed by atoms with van der Waals surface area (Å²) in [6.07, 6.45) is 0. The molecule has 1 fully saturated rings. The highest BCUT2D eigenvalue weighted by atomic mass is 35.5. The number of nitrogens with one attached hydrogen (secondary N) is 1. The summed E-state index contributed by atoms with van der Waals surface area (Å²) < 4.78 is 13.1. The Kier molecular flexibility index (Phi) is 4.93. The number of hydrogen-bond acceptors (Lipinski definition) is 6. The van der Waals surface area contributed by atoms with Crippen LogP contribution in [0, 0.1) is 5.82 Å². The summed E-state index contributed by atoms with van der Waals surface area (Å²) in [5.41, 5.74) is 0.452. The lowest BCUT2D eigenvalue weighted by atomic mass is 10.1. The standard InChI is InChI=1S/C18H12Cl2FN5O3/c19-11-2-1-3-12(20)14(11)22-13(27)8-25-16-15(23-24-25)17(28)26(18(16)29)10-6-4-9(21)5-7-10/h1-7,15-16H,8H2,(H,22,27)/t15-,16-/m1/s1. The van der Waals surface area contributed by atoms with E-state index in [2.05, 4.69) is 15.7 Å². The minimum absolute atomic E-state index is 0.221. The zero-order valence-corrected chi connectivity index (χ0v) is 16.1. The van der Waals surface area contributed by atoms with Gasteiger partial charge in [-0.1, -0.05) is 34.5 Å². The topological polar surface area (TPSA) is 94.4 Å². The lowest BCUT2D eigenvalue weighted by Crippen LogP contribution is -2.43. The molecule has 0 aromatic heterocycles. The van der Waals surface area contributed by atoms with Gasteiger partial charge in [0.1, 0.15) is 12.4 Å². The summed E-state index contributed by atoms with van der Waals surface area (Å²) in [4.78, 5) is 38.7. The Morgan fingerprint density at radius 1 is 1.07 bits per heavy atom. The fourth-order valence-corrected chi connectivity index (χ4v) is 3.63. The highest BCUT2D eigenvalue weighted by Gasteiger charge is 2.55. The number of carbonyl (C=O) groups excluding carboxylic acids is 3. The van der Waals surface area contributed by atoms with Gasteiger partial charge in [-0.15, -0.1) is 0 Å². The maximum atomic E-state index is 13.1. The number of imide groups is 1. The van der Waals surface area contributed by atoms with Gasteiger partial charge in [-0.2, -0.15) is 5.11 Å². The summed E-state index contributed by atoms with van der Waals surface area (Å²) in [6.45, 7) is -0.345. The molecule has 11 heteroatoms. The Morgan fingerprint density at radius 3 is 2.38 bits per heavy atom. The number of rotatable bonds is 4. The second-order valence-electron chi connectivity index (χ2n) is 6.33. The molecule has 0 spiro atoms. The van der Waals surface area contributed by atoms with Gasteiger partial charge in [0.2, 0.25) is 5.91 Å². The van der Waals surface area contributed by atoms with E-state index in [1.54, 1.807) is 18.2 Å². The lowest BCUT2D eigenvalue weighted by Gasteiger charge is -2.20. The van der Waals surface area contributed by atoms with Gasteiger partial charge < -0.3 is 5.32 Å². The van der Waals surface area contributed by atoms with Crippen molar-refractivity contribution < 1.29 is 18.8 Å². The molecular formula is C18H12Cl2FN5O3. The molecule has 3 amide bonds. The Hall–Kier alpha value is -3.04. The first-order valence-corrected chi connectivity index (χ1v) is 9.17. The van der Waals surface area contributed by atoms with E-state index in [4.69, 9.17) is 23.2 Å². The third-order valence-electron chi connectivity index (χ3n) is 4.48. The fraction of sp³-hybridized carbons (Fsp3) is 0.167. The molecule has 0 aliphatic carbocycles. The van der Waals surface area contributed by atoms with Gasteiger partial charge in [-0.25, -0.2) is 9.29 Å². The Labute approximate surface area is 173 Å². The highest BCUT2D eigenvalue weighted by Crippen LogP contribution is 2.33. The van der Waals surface area contributed by atoms with E-state index < -0.39 is 35.6 Å². The van der Waals surface area contributed by atoms with Crippen LogP contribution >= 0.6 is 23.2 Å². The molecule has 0 bridgehead atoms. The molecular weight excluding hydrogens is 424 g/mol. The van der Waals surface area contributed by atoms with Crippen LogP contribution in [0.15, 0.2) is 52.8 Å². The predicted molar refractivity (Wildman–Crippen MR) is 103 cm³/mol. The molecule has 0 unspecified atom stereocenters. The molecule has 2 aromatic carbocycles. The third kappa shape index (κ3) is 3.43. The molecule has 2 atom stereocenters. The smallest absolute Gasteiger partial charge is 0.263 e. The van der Waals surface area contributed by atoms with Gasteiger partial charge >= 0.3 is 0 Å². The van der Waals surface area contributed by atoms with Gasteiger partial charge in [-0.3, -0.25) is 19.4 Å². The number of benzene rings is 2. The highest BCUT2D eigenvalue weighted by molar-refractivity contribution is 6.39. The molecule has 8 nitrogen and oxygen atoms in total. The summed E-state index contributed by atoms with van der Waals surface area (Å²) >= 11 is 12.1. The van der Waals surface area contributed by atoms with Crippen molar-refractivity contribution in [3.63, 3.8) is 0 Å². The van der Waals surface area contributed by atoms with Crippen molar-refractivity contribution in [2.75, 3.05) is 16.8 Å². The Balaban J connectivity index is 1.50. The van der Waals surface area contributed by atoms with Crippen molar-refractivity contribution in [2.24, 2.45) is 10.3 Å². The van der Waals surface area contributed by atoms with E-state index in [0.29, 0.717) is 0 Å². The summed E-state index contributed by atoms with van der Waals surface area (Å²) in [7, 11) is 0. The first kappa shape index (κ1) is 19.3. The summed E-state index contributed by atoms with van der Waals surface area (Å²) in [5.74, 6) is -2.23. The van der Waals surface area contributed by atoms with Crippen molar-refractivity contribution >= 4 is 52.3 Å². The number of anilines is 2. The van der Waals surface area contributed by atoms with Gasteiger partial charge in [-0.05, 0) is 36.4 Å². The molecule has 2 aliphatic rings. The van der Waals surface area contributed by atoms with Crippen molar-refractivity contribution in [3.05, 3.63) is 58.3 Å². The van der Waals surface area contributed by atoms with Crippen LogP contribution in [-0.4, -0.2) is 41.4 Å². The molecule has 1 saturated heterocycles. The molecule has 4 rings (SSSR count). The number of fused-ring (bicyclic) bond motifs is 1. The molecule has 0 saturated carbocycles. The number of para-hydroxylation sites is 1. The second-order valence-corrected chi connectivity index (χ2v) is 7.14. The first-order valence-electron chi connectivity index (χ1n) is 8.41. The van der Waals surface area contributed by atoms with Crippen molar-refractivity contribution in [1.29, 1.82) is 0 Å². The second kappa shape index (κ2) is 7.41. The molecule has 2 aliphatic heterocycles. The van der Waals surface area contributed by atoms with E-state index in [-0.39, 0.29) is 28.0 Å². The number of carbonyl (C=O) groups is 3. The molecule has 0 radical (unpaired) electrons. The van der Waals surface area contributed by atoms with Crippen LogP contribution in [-0.2, 0) is 14.4 Å². The third-order valence-corrected chi connectivity index (χ3v) is 5.11. The Morgan fingerprint density at radius 2 is 1.72 bits per heavy atom. The molecule has 29 heavy (non-hydrogen) atoms. The summed E-state index contributed by atoms with van der Waals surface area (Å²) in [5, 5.41) is 11.8. The van der Waals surface area contributed by atoms with E-state index in [1.165, 1.54) is 12.1 Å². The van der Waals surface area contributed by atoms with E-state index >= 15 is 0 Å². The molecule has 1 N–H and O–H groups in total. The van der Waals surface area contributed by atoms with Crippen molar-refractivity contribution in [2.45, 2.75) is 12.1 Å². The maximum Gasteiger partial charge on any atom is 0.263 e. The van der Waals surface area contributed by atoms with Crippen LogP contribution in [0.1, 0.15) is 0 Å². The predicted octanol–water partition coefficient (Wildman–Crippen LogP) is 3.06. The van der Waals surface area contributed by atoms with Crippen LogP contribution in [0.25, 0.3) is 0 Å². The number of nitrogens with zero attached hydrogens (tertiary/aromatic N) is 4. The minimum atomic E-state index is -1.07. The SMILES string of the molecule is O=C(CN1N=N[C@H]2C(=O)N(c3ccc(F)cc3)C(=O)[C@@H]21)Nc1c(Cl)cccc1Cl. The number of amides is 3. The largest absolute Gasteiger partial charge is 0.322 e. The quantitative estimate of drug-likeness (QED) is 0.746. The average molecular weight is 436 g/mol. The zero-order chi connectivity index (χ0) is 20.7. The van der Waals surface area contributed by atoms with E-state index in [9.17, 15) is 18.8 Å². The average Bonchev–Trinajstić information content (AvgIpc) is 3.19. The van der Waals surface area contributed by atoms with Gasteiger partial charge in [0.15, 0.2) is 12.1 Å². The van der Waals surface area contributed by atoms with E-state index in [0.717, 1.165) is 22.0 Å². The van der Waals surface area contributed by atoms with Crippen molar-refractivity contribution in [1.82, 2.24) is 5.01 Å². The van der Waals surface area contributed by atoms with E-state index in [1.807, 2.05) is 0 Å². The summed E-state index contributed by atoms with van der Waals surface area (Å²) in [6, 6.07) is 7.56. The molecule has 2 aromatic rings. The molecule has 2 heterocycles. The Bertz CT molecular complexity index is 1030. The zero-order valence-electron chi connectivity index (χ0n) is 14.6. The van der Waals surface area contributed by atoms with Gasteiger partial charge in [0.05, 0.1) is 21.4 Å². The van der Waals surface area contributed by atoms with Crippen LogP contribution in [0.3, 0.4) is 0 Å². The normalized spacial score (nSPS) is 20.4.